The van der Waals surface area contributed by atoms with Gasteiger partial charge >= 0.3 is 0 Å². The van der Waals surface area contributed by atoms with E-state index in [0.29, 0.717) is 5.71 Å². The number of hydrogen-bond acceptors (Lipinski definition) is 3. The first kappa shape index (κ1) is 9.01. The Morgan fingerprint density at radius 1 is 1.10 bits per heavy atom. The average molecular weight is 141 g/mol. The maximum absolute atomic E-state index is 7.32. The number of hydrogen-bond donors (Lipinski definition) is 3. The summed E-state index contributed by atoms with van der Waals surface area (Å²) in [5, 5.41) is 13.2. The molecule has 0 heterocycles. The summed E-state index contributed by atoms with van der Waals surface area (Å²) in [6, 6.07) is 0. The summed E-state index contributed by atoms with van der Waals surface area (Å²) >= 11 is 0. The molecule has 0 unspecified atom stereocenters. The molecule has 0 aromatic heterocycles. The second kappa shape index (κ2) is 3.93. The molecule has 0 amide bonds. The van der Waals surface area contributed by atoms with E-state index in [1.807, 2.05) is 21.0 Å². The Hall–Kier alpha value is -0.990. The molecule has 0 atom stereocenters. The standard InChI is InChI=1S/C7H15N3/c1-5(8)7(10-4)6(2)9-3/h8-10H,1-4H3/b7-6+,8-5?. The van der Waals surface area contributed by atoms with Gasteiger partial charge < -0.3 is 16.0 Å². The zero-order chi connectivity index (χ0) is 8.15. The van der Waals surface area contributed by atoms with Gasteiger partial charge in [0, 0.05) is 19.8 Å². The van der Waals surface area contributed by atoms with Crippen LogP contribution in [0.2, 0.25) is 0 Å². The van der Waals surface area contributed by atoms with Crippen molar-refractivity contribution in [3.63, 3.8) is 0 Å². The van der Waals surface area contributed by atoms with E-state index in [0.717, 1.165) is 11.4 Å². The average Bonchev–Trinajstić information content (AvgIpc) is 1.88. The van der Waals surface area contributed by atoms with Crippen molar-refractivity contribution in [3.05, 3.63) is 11.4 Å². The molecule has 0 rings (SSSR count). The van der Waals surface area contributed by atoms with Crippen LogP contribution in [0.4, 0.5) is 0 Å². The molecule has 58 valence electrons. The Morgan fingerprint density at radius 3 is 1.70 bits per heavy atom. The topological polar surface area (TPSA) is 47.9 Å². The lowest BCUT2D eigenvalue weighted by molar-refractivity contribution is 0.913. The van der Waals surface area contributed by atoms with Crippen molar-refractivity contribution in [2.45, 2.75) is 13.8 Å². The maximum Gasteiger partial charge on any atom is 0.0735 e. The highest BCUT2D eigenvalue weighted by atomic mass is 14.9. The van der Waals surface area contributed by atoms with E-state index in [4.69, 9.17) is 5.41 Å². The van der Waals surface area contributed by atoms with Crippen LogP contribution >= 0.6 is 0 Å². The van der Waals surface area contributed by atoms with E-state index >= 15 is 0 Å². The molecule has 0 spiro atoms. The molecule has 0 radical (unpaired) electrons. The predicted molar refractivity (Wildman–Crippen MR) is 44.2 cm³/mol. The van der Waals surface area contributed by atoms with Gasteiger partial charge in [0.1, 0.15) is 0 Å². The van der Waals surface area contributed by atoms with Crippen LogP contribution in [0.5, 0.6) is 0 Å². The molecule has 0 bridgehead atoms. The molecule has 0 aromatic carbocycles. The summed E-state index contributed by atoms with van der Waals surface area (Å²) in [6.45, 7) is 3.69. The van der Waals surface area contributed by atoms with Gasteiger partial charge in [-0.15, -0.1) is 0 Å². The Bertz CT molecular complexity index is 158. The van der Waals surface area contributed by atoms with Crippen LogP contribution in [-0.2, 0) is 0 Å². The molecular formula is C7H15N3. The zero-order valence-corrected chi connectivity index (χ0v) is 7.00. The third-order valence-corrected chi connectivity index (χ3v) is 1.38. The van der Waals surface area contributed by atoms with Crippen molar-refractivity contribution in [2.75, 3.05) is 14.1 Å². The van der Waals surface area contributed by atoms with Crippen LogP contribution in [0, 0.1) is 5.41 Å². The molecule has 3 heteroatoms. The van der Waals surface area contributed by atoms with E-state index < -0.39 is 0 Å². The predicted octanol–water partition coefficient (Wildman–Crippen LogP) is 0.696. The molecule has 0 aromatic rings. The Kier molecular flexibility index (Phi) is 3.54. The van der Waals surface area contributed by atoms with Gasteiger partial charge in [0.2, 0.25) is 0 Å². The van der Waals surface area contributed by atoms with E-state index in [1.165, 1.54) is 0 Å². The Labute approximate surface area is 62.0 Å². The lowest BCUT2D eigenvalue weighted by Gasteiger charge is -2.09. The van der Waals surface area contributed by atoms with Gasteiger partial charge in [-0.1, -0.05) is 0 Å². The Morgan fingerprint density at radius 2 is 1.60 bits per heavy atom. The fraction of sp³-hybridized carbons (Fsp3) is 0.571. The van der Waals surface area contributed by atoms with Gasteiger partial charge in [0.05, 0.1) is 11.4 Å². The summed E-state index contributed by atoms with van der Waals surface area (Å²) in [6.07, 6.45) is 0. The first-order valence-electron chi connectivity index (χ1n) is 3.25. The maximum atomic E-state index is 7.32. The first-order valence-corrected chi connectivity index (χ1v) is 3.25. The summed E-state index contributed by atoms with van der Waals surface area (Å²) < 4.78 is 0. The van der Waals surface area contributed by atoms with Crippen LogP contribution in [-0.4, -0.2) is 19.8 Å². The summed E-state index contributed by atoms with van der Waals surface area (Å²) in [5.74, 6) is 0. The minimum Gasteiger partial charge on any atom is -0.390 e. The van der Waals surface area contributed by atoms with Crippen LogP contribution in [0.1, 0.15) is 13.8 Å². The zero-order valence-electron chi connectivity index (χ0n) is 7.00. The first-order chi connectivity index (χ1) is 4.63. The van der Waals surface area contributed by atoms with Crippen molar-refractivity contribution in [1.29, 1.82) is 5.41 Å². The van der Waals surface area contributed by atoms with Gasteiger partial charge in [-0.25, -0.2) is 0 Å². The quantitative estimate of drug-likeness (QED) is 0.507. The second-order valence-electron chi connectivity index (χ2n) is 2.12. The summed E-state index contributed by atoms with van der Waals surface area (Å²) in [7, 11) is 3.66. The fourth-order valence-corrected chi connectivity index (χ4v) is 0.781. The molecule has 0 aliphatic rings. The molecule has 0 aliphatic carbocycles. The van der Waals surface area contributed by atoms with E-state index in [1.54, 1.807) is 6.92 Å². The summed E-state index contributed by atoms with van der Waals surface area (Å²) in [4.78, 5) is 0. The fourth-order valence-electron chi connectivity index (χ4n) is 0.781. The molecule has 10 heavy (non-hydrogen) atoms. The lowest BCUT2D eigenvalue weighted by atomic mass is 10.2. The normalized spacial score (nSPS) is 12.0. The molecule has 0 fully saturated rings. The van der Waals surface area contributed by atoms with E-state index in [2.05, 4.69) is 10.6 Å². The van der Waals surface area contributed by atoms with Gasteiger partial charge in [-0.2, -0.15) is 0 Å². The summed E-state index contributed by atoms with van der Waals surface area (Å²) in [5.41, 5.74) is 2.41. The minimum atomic E-state index is 0.550. The van der Waals surface area contributed by atoms with Crippen molar-refractivity contribution < 1.29 is 0 Å². The van der Waals surface area contributed by atoms with Crippen molar-refractivity contribution in [2.24, 2.45) is 0 Å². The second-order valence-corrected chi connectivity index (χ2v) is 2.12. The molecular weight excluding hydrogens is 126 g/mol. The molecule has 0 saturated carbocycles. The van der Waals surface area contributed by atoms with Gasteiger partial charge in [0.15, 0.2) is 0 Å². The molecule has 3 nitrogen and oxygen atoms in total. The minimum absolute atomic E-state index is 0.550. The smallest absolute Gasteiger partial charge is 0.0735 e. The van der Waals surface area contributed by atoms with Crippen LogP contribution < -0.4 is 10.6 Å². The largest absolute Gasteiger partial charge is 0.390 e. The van der Waals surface area contributed by atoms with Gasteiger partial charge in [-0.3, -0.25) is 0 Å². The van der Waals surface area contributed by atoms with Crippen LogP contribution in [0.3, 0.4) is 0 Å². The third-order valence-electron chi connectivity index (χ3n) is 1.38. The molecule has 0 aliphatic heterocycles. The van der Waals surface area contributed by atoms with Crippen molar-refractivity contribution in [1.82, 2.24) is 10.6 Å². The highest BCUT2D eigenvalue weighted by Gasteiger charge is 1.99. The van der Waals surface area contributed by atoms with E-state index in [9.17, 15) is 0 Å². The van der Waals surface area contributed by atoms with Crippen LogP contribution in [0.25, 0.3) is 0 Å². The van der Waals surface area contributed by atoms with E-state index in [-0.39, 0.29) is 0 Å². The SMILES string of the molecule is CN/C(C)=C(/NC)C(C)=N. The third kappa shape index (κ3) is 2.09. The highest BCUT2D eigenvalue weighted by Crippen LogP contribution is 1.96. The molecule has 0 saturated heterocycles. The van der Waals surface area contributed by atoms with Crippen molar-refractivity contribution >= 4 is 5.71 Å². The van der Waals surface area contributed by atoms with Gasteiger partial charge in [0.25, 0.3) is 0 Å². The van der Waals surface area contributed by atoms with Gasteiger partial charge in [-0.05, 0) is 13.8 Å². The number of nitrogens with one attached hydrogen (secondary N) is 3. The molecule has 3 N–H and O–H groups in total. The van der Waals surface area contributed by atoms with Crippen LogP contribution in [0.15, 0.2) is 11.4 Å². The highest BCUT2D eigenvalue weighted by molar-refractivity contribution is 5.95. The monoisotopic (exact) mass is 141 g/mol. The number of rotatable bonds is 3. The number of allylic oxidation sites excluding steroid dienone is 2. The van der Waals surface area contributed by atoms with Crippen molar-refractivity contribution in [3.8, 4) is 0 Å². The lowest BCUT2D eigenvalue weighted by Crippen LogP contribution is -2.20. The Balaban J connectivity index is 4.45.